The quantitative estimate of drug-likeness (QED) is 0.100. The van der Waals surface area contributed by atoms with E-state index in [1.165, 1.54) is 0 Å². The summed E-state index contributed by atoms with van der Waals surface area (Å²) in [6, 6.07) is 38.7. The molecule has 0 heterocycles. The van der Waals surface area contributed by atoms with Gasteiger partial charge in [0.2, 0.25) is 12.8 Å². The minimum absolute atomic E-state index is 0.363. The number of carbonyl (C=O) groups is 2. The number of carbonyl (C=O) groups excluding carboxylic acids is 2. The van der Waals surface area contributed by atoms with E-state index in [1.807, 2.05) is 60.7 Å². The third kappa shape index (κ3) is 14.0. The van der Waals surface area contributed by atoms with Crippen LogP contribution in [0.5, 0.6) is 0 Å². The molecule has 2 amide bonds. The number of benzene rings is 4. The van der Waals surface area contributed by atoms with Crippen LogP contribution in [0.1, 0.15) is 11.1 Å². The fraction of sp³-hybridized carbons (Fsp3) is 0.125. The summed E-state index contributed by atoms with van der Waals surface area (Å²) in [5.74, 6) is -1.55. The van der Waals surface area contributed by atoms with Crippen molar-refractivity contribution in [2.24, 2.45) is 0 Å². The van der Waals surface area contributed by atoms with E-state index < -0.39 is 48.3 Å². The summed E-state index contributed by atoms with van der Waals surface area (Å²) in [4.78, 5) is 38.0. The van der Waals surface area contributed by atoms with Gasteiger partial charge in [-0.3, -0.25) is 9.59 Å². The first-order valence-corrected chi connectivity index (χ1v) is 16.7. The van der Waals surface area contributed by atoms with E-state index in [4.69, 9.17) is 19.8 Å². The molecular weight excluding hydrogens is 716 g/mol. The van der Waals surface area contributed by atoms with E-state index in [-0.39, 0.29) is 0 Å². The monoisotopic (exact) mass is 750 g/mol. The van der Waals surface area contributed by atoms with Crippen LogP contribution in [0.2, 0.25) is 0 Å². The third-order valence-corrected chi connectivity index (χ3v) is 10.4. The van der Waals surface area contributed by atoms with E-state index in [9.17, 15) is 9.59 Å². The van der Waals surface area contributed by atoms with Gasteiger partial charge >= 0.3 is 103 Å². The van der Waals surface area contributed by atoms with E-state index in [1.54, 1.807) is 6.25 Å². The molecule has 0 saturated heterocycles. The molecule has 208 valence electrons. The van der Waals surface area contributed by atoms with Gasteiger partial charge in [0, 0.05) is 12.8 Å². The van der Waals surface area contributed by atoms with E-state index >= 15 is 0 Å². The summed E-state index contributed by atoms with van der Waals surface area (Å²) in [7, 11) is 0. The van der Waals surface area contributed by atoms with Gasteiger partial charge in [0.1, 0.15) is 0 Å². The molecule has 0 aromatic heterocycles. The van der Waals surface area contributed by atoms with Gasteiger partial charge < -0.3 is 30.4 Å². The zero-order valence-corrected chi connectivity index (χ0v) is 26.3. The summed E-state index contributed by atoms with van der Waals surface area (Å²) in [6.45, 7) is 0. The fourth-order valence-corrected chi connectivity index (χ4v) is 7.61. The Hall–Kier alpha value is -4.32. The van der Waals surface area contributed by atoms with Crippen LogP contribution < -0.4 is 16.9 Å². The Morgan fingerprint density at radius 1 is 0.585 bits per heavy atom. The summed E-state index contributed by atoms with van der Waals surface area (Å²) >= 11 is -0.740. The Morgan fingerprint density at radius 3 is 1.15 bits per heavy atom. The van der Waals surface area contributed by atoms with Crippen molar-refractivity contribution in [3.8, 4) is 0 Å². The zero-order valence-electron chi connectivity index (χ0n) is 22.4. The normalized spacial score (nSPS) is 10.9. The van der Waals surface area contributed by atoms with Crippen LogP contribution >= 0.6 is 0 Å². The molecule has 0 aliphatic heterocycles. The molecule has 9 heteroatoms. The van der Waals surface area contributed by atoms with Crippen molar-refractivity contribution in [1.82, 2.24) is 10.6 Å². The summed E-state index contributed by atoms with van der Waals surface area (Å²) < 4.78 is 3.13. The van der Waals surface area contributed by atoms with E-state index in [0.717, 1.165) is 11.1 Å². The van der Waals surface area contributed by atoms with Gasteiger partial charge in [0.25, 0.3) is 0 Å². The number of nitrogens with one attached hydrogen (secondary N) is 2. The maximum absolute atomic E-state index is 10.2. The second kappa shape index (κ2) is 19.7. The Morgan fingerprint density at radius 2 is 0.878 bits per heavy atom. The number of aliphatic hydroxyl groups excluding tert-OH is 2. The van der Waals surface area contributed by atoms with Crippen molar-refractivity contribution in [3.63, 3.8) is 0 Å². The first-order valence-electron chi connectivity index (χ1n) is 12.8. The number of carboxylic acids is 2. The number of hydrogen-bond donors (Lipinski definition) is 4. The molecule has 41 heavy (non-hydrogen) atoms. The van der Waals surface area contributed by atoms with Crippen LogP contribution in [-0.2, 0) is 22.4 Å². The molecule has 6 N–H and O–H groups in total. The average Bonchev–Trinajstić information content (AvgIpc) is 2.99. The molecule has 4 rings (SSSR count). The molecule has 0 aliphatic rings. The van der Waals surface area contributed by atoms with Crippen LogP contribution in [0.25, 0.3) is 0 Å². The van der Waals surface area contributed by atoms with Crippen LogP contribution in [0.4, 0.5) is 0 Å². The van der Waals surface area contributed by atoms with Gasteiger partial charge in [-0.15, -0.1) is 0 Å². The molecule has 4 aromatic rings. The number of hydrogen-bond acceptors (Lipinski definition) is 2. The molecule has 0 radical (unpaired) electrons. The van der Waals surface area contributed by atoms with Crippen molar-refractivity contribution < 1.29 is 29.4 Å². The Kier molecular flexibility index (Phi) is 15.8. The summed E-state index contributed by atoms with van der Waals surface area (Å²) in [5.41, 5.74) is 1.85. The molecule has 0 spiro atoms. The minimum atomic E-state index is -0.777. The second-order valence-electron chi connectivity index (χ2n) is 8.63. The number of carboxylic acid groups (broad SMARTS) is 2. The SMILES string of the molecule is O=CNC(Cc1ccccc1)C(O)=[OH+].O=CNC(Cc1ccccc1)C(O)=[OH+].c1cc[c]([Pb+2][c]2ccccc2)cc1. The third-order valence-electron chi connectivity index (χ3n) is 5.56. The molecule has 0 bridgehead atoms. The van der Waals surface area contributed by atoms with Crippen LogP contribution in [0.3, 0.4) is 0 Å². The Bertz CT molecular complexity index is 1210. The standard InChI is InChI=1S/2C10H11NO3.2C6H5.Pb/c2*12-7-11-9(10(13)14)6-8-4-2-1-3-5-8;2*1-2-4-6-5-3-1;/h2*1-5,7,9H,6H2,(H,11,12)(H,13,14);2*1-5H;/q;;;;+2/p+2. The first kappa shape index (κ1) is 32.9. The van der Waals surface area contributed by atoms with Gasteiger partial charge in [0.15, 0.2) is 12.1 Å². The van der Waals surface area contributed by atoms with Gasteiger partial charge in [-0.2, -0.15) is 0 Å². The van der Waals surface area contributed by atoms with Crippen molar-refractivity contribution in [3.05, 3.63) is 132 Å². The summed E-state index contributed by atoms with van der Waals surface area (Å²) in [6.07, 6.45) is 1.62. The average molecular weight is 750 g/mol. The molecule has 0 aliphatic carbocycles. The number of amides is 2. The van der Waals surface area contributed by atoms with Crippen molar-refractivity contribution in [2.75, 3.05) is 0 Å². The molecule has 2 unspecified atom stereocenters. The fourth-order valence-electron chi connectivity index (χ4n) is 3.52. The van der Waals surface area contributed by atoms with Gasteiger partial charge in [-0.05, 0) is 11.1 Å². The van der Waals surface area contributed by atoms with Gasteiger partial charge in [-0.1, -0.05) is 60.7 Å². The molecule has 4 aromatic carbocycles. The zero-order chi connectivity index (χ0) is 29.7. The number of aliphatic carboxylic acids is 2. The summed E-state index contributed by atoms with van der Waals surface area (Å²) in [5, 5.41) is 22.3. The van der Waals surface area contributed by atoms with Crippen molar-refractivity contribution in [2.45, 2.75) is 24.9 Å². The van der Waals surface area contributed by atoms with Gasteiger partial charge in [0.05, 0.1) is 0 Å². The topological polar surface area (TPSA) is 141 Å². The molecule has 0 fully saturated rings. The predicted octanol–water partition coefficient (Wildman–Crippen LogP) is 2.15. The van der Waals surface area contributed by atoms with Gasteiger partial charge in [-0.25, -0.2) is 0 Å². The molecular formula is C32H34N2O6Pb+4. The Balaban J connectivity index is 0.000000215. The van der Waals surface area contributed by atoms with E-state index in [0.29, 0.717) is 25.7 Å². The maximum atomic E-state index is 10.2. The molecule has 8 nitrogen and oxygen atoms in total. The second-order valence-corrected chi connectivity index (χ2v) is 14.1. The van der Waals surface area contributed by atoms with Crippen LogP contribution in [0.15, 0.2) is 121 Å². The van der Waals surface area contributed by atoms with Crippen LogP contribution in [-0.4, -0.2) is 80.9 Å². The van der Waals surface area contributed by atoms with E-state index in [2.05, 4.69) is 71.3 Å². The number of rotatable bonds is 12. The molecule has 0 saturated carbocycles. The van der Waals surface area contributed by atoms with Crippen LogP contribution in [0, 0.1) is 0 Å². The van der Waals surface area contributed by atoms with Crippen molar-refractivity contribution >= 4 is 55.2 Å². The molecule has 2 atom stereocenters. The predicted molar refractivity (Wildman–Crippen MR) is 163 cm³/mol. The Labute approximate surface area is 251 Å². The van der Waals surface area contributed by atoms with Crippen molar-refractivity contribution in [1.29, 1.82) is 0 Å². The first-order chi connectivity index (χ1) is 19.9.